The summed E-state index contributed by atoms with van der Waals surface area (Å²) in [6.07, 6.45) is 5.00. The van der Waals surface area contributed by atoms with Crippen LogP contribution in [0.4, 0.5) is 5.69 Å². The SMILES string of the molecule is CCS(=O)(=O)c1ccc(CC(=O)Nc2ccc(C(=O)C(C)(C)c3cnn(C)c3)nc2)cc1. The van der Waals surface area contributed by atoms with E-state index in [9.17, 15) is 18.0 Å². The minimum absolute atomic E-state index is 0.0255. The minimum Gasteiger partial charge on any atom is -0.324 e. The zero-order valence-corrected chi connectivity index (χ0v) is 19.3. The maximum absolute atomic E-state index is 12.9. The first-order valence-corrected chi connectivity index (χ1v) is 11.8. The fourth-order valence-electron chi connectivity index (χ4n) is 3.17. The lowest BCUT2D eigenvalue weighted by atomic mass is 9.81. The normalized spacial score (nSPS) is 11.9. The molecule has 0 aliphatic heterocycles. The Morgan fingerprint density at radius 1 is 1.06 bits per heavy atom. The van der Waals surface area contributed by atoms with Gasteiger partial charge in [0, 0.05) is 18.8 Å². The highest BCUT2D eigenvalue weighted by Gasteiger charge is 2.32. The van der Waals surface area contributed by atoms with Gasteiger partial charge in [-0.15, -0.1) is 0 Å². The average Bonchev–Trinajstić information content (AvgIpc) is 3.21. The van der Waals surface area contributed by atoms with E-state index >= 15 is 0 Å². The third kappa shape index (κ3) is 5.11. The highest BCUT2D eigenvalue weighted by molar-refractivity contribution is 7.91. The molecule has 3 aromatic rings. The lowest BCUT2D eigenvalue weighted by Gasteiger charge is -2.21. The number of Topliss-reactive ketones (excluding diaryl/α,β-unsaturated/α-hetero) is 1. The van der Waals surface area contributed by atoms with E-state index in [2.05, 4.69) is 15.4 Å². The van der Waals surface area contributed by atoms with Gasteiger partial charge in [0.05, 0.1) is 40.6 Å². The number of amides is 1. The minimum atomic E-state index is -3.27. The fraction of sp³-hybridized carbons (Fsp3) is 0.304. The topological polar surface area (TPSA) is 111 Å². The molecule has 0 spiro atoms. The van der Waals surface area contributed by atoms with Crippen molar-refractivity contribution >= 4 is 27.2 Å². The molecule has 9 heteroatoms. The summed E-state index contributed by atoms with van der Waals surface area (Å²) in [5, 5.41) is 6.87. The number of nitrogens with one attached hydrogen (secondary N) is 1. The highest BCUT2D eigenvalue weighted by atomic mass is 32.2. The monoisotopic (exact) mass is 454 g/mol. The molecule has 0 unspecified atom stereocenters. The van der Waals surface area contributed by atoms with E-state index in [1.807, 2.05) is 13.8 Å². The van der Waals surface area contributed by atoms with Crippen molar-refractivity contribution in [3.05, 3.63) is 71.8 Å². The van der Waals surface area contributed by atoms with Crippen LogP contribution >= 0.6 is 0 Å². The Balaban J connectivity index is 1.64. The highest BCUT2D eigenvalue weighted by Crippen LogP contribution is 2.27. The van der Waals surface area contributed by atoms with Crippen LogP contribution in [-0.2, 0) is 33.5 Å². The first kappa shape index (κ1) is 23.3. The summed E-state index contributed by atoms with van der Waals surface area (Å²) in [6, 6.07) is 9.49. The molecule has 32 heavy (non-hydrogen) atoms. The second-order valence-electron chi connectivity index (χ2n) is 8.06. The van der Waals surface area contributed by atoms with E-state index in [4.69, 9.17) is 0 Å². The number of nitrogens with zero attached hydrogens (tertiary/aromatic N) is 3. The maximum Gasteiger partial charge on any atom is 0.228 e. The predicted molar refractivity (Wildman–Crippen MR) is 121 cm³/mol. The summed E-state index contributed by atoms with van der Waals surface area (Å²) in [7, 11) is -1.48. The van der Waals surface area contributed by atoms with Crippen LogP contribution in [0.5, 0.6) is 0 Å². The number of ketones is 1. The Kier molecular flexibility index (Phi) is 6.59. The molecule has 1 N–H and O–H groups in total. The summed E-state index contributed by atoms with van der Waals surface area (Å²) < 4.78 is 25.4. The van der Waals surface area contributed by atoms with Crippen molar-refractivity contribution in [3.8, 4) is 0 Å². The van der Waals surface area contributed by atoms with Gasteiger partial charge in [-0.1, -0.05) is 19.1 Å². The number of hydrogen-bond donors (Lipinski definition) is 1. The Labute approximate surface area is 187 Å². The second kappa shape index (κ2) is 9.04. The zero-order valence-electron chi connectivity index (χ0n) is 18.5. The van der Waals surface area contributed by atoms with Crippen molar-refractivity contribution in [1.29, 1.82) is 0 Å². The molecule has 0 aliphatic carbocycles. The number of anilines is 1. The van der Waals surface area contributed by atoms with E-state index in [1.165, 1.54) is 18.3 Å². The van der Waals surface area contributed by atoms with Crippen LogP contribution in [-0.4, -0.2) is 40.6 Å². The zero-order chi connectivity index (χ0) is 23.5. The van der Waals surface area contributed by atoms with Crippen molar-refractivity contribution < 1.29 is 18.0 Å². The van der Waals surface area contributed by atoms with E-state index < -0.39 is 15.3 Å². The number of hydrogen-bond acceptors (Lipinski definition) is 6. The molecule has 1 amide bonds. The van der Waals surface area contributed by atoms with Gasteiger partial charge in [0.1, 0.15) is 5.69 Å². The Hall–Kier alpha value is -3.33. The summed E-state index contributed by atoms with van der Waals surface area (Å²) >= 11 is 0. The van der Waals surface area contributed by atoms with E-state index in [0.717, 1.165) is 5.56 Å². The third-order valence-electron chi connectivity index (χ3n) is 5.30. The molecule has 0 radical (unpaired) electrons. The molecule has 8 nitrogen and oxygen atoms in total. The number of aryl methyl sites for hydroxylation is 1. The number of benzene rings is 1. The lowest BCUT2D eigenvalue weighted by Crippen LogP contribution is -2.29. The van der Waals surface area contributed by atoms with Crippen molar-refractivity contribution in [2.24, 2.45) is 7.05 Å². The lowest BCUT2D eigenvalue weighted by molar-refractivity contribution is -0.115. The fourth-order valence-corrected chi connectivity index (χ4v) is 4.05. The van der Waals surface area contributed by atoms with Crippen LogP contribution < -0.4 is 5.32 Å². The molecule has 0 saturated carbocycles. The predicted octanol–water partition coefficient (Wildman–Crippen LogP) is 2.95. The molecule has 2 heterocycles. The molecule has 0 saturated heterocycles. The number of carbonyl (C=O) groups excluding carboxylic acids is 2. The van der Waals surface area contributed by atoms with Crippen molar-refractivity contribution in [1.82, 2.24) is 14.8 Å². The Morgan fingerprint density at radius 2 is 1.75 bits per heavy atom. The standard InChI is InChI=1S/C23H26N4O4S/c1-5-32(30,31)19-9-6-16(7-10-19)12-21(28)26-18-8-11-20(24-14-18)22(29)23(2,3)17-13-25-27(4)15-17/h6-11,13-15H,5,12H2,1-4H3,(H,26,28). The number of carbonyl (C=O) groups is 2. The van der Waals surface area contributed by atoms with Gasteiger partial charge in [0.15, 0.2) is 15.6 Å². The molecule has 0 atom stereocenters. The first-order chi connectivity index (χ1) is 15.0. The van der Waals surface area contributed by atoms with Crippen LogP contribution in [0, 0.1) is 0 Å². The third-order valence-corrected chi connectivity index (χ3v) is 7.05. The van der Waals surface area contributed by atoms with E-state index in [1.54, 1.807) is 55.3 Å². The van der Waals surface area contributed by atoms with Crippen molar-refractivity contribution in [2.75, 3.05) is 11.1 Å². The molecular formula is C23H26N4O4S. The first-order valence-electron chi connectivity index (χ1n) is 10.1. The molecule has 168 valence electrons. The smallest absolute Gasteiger partial charge is 0.228 e. The summed E-state index contributed by atoms with van der Waals surface area (Å²) in [5.41, 5.74) is 1.46. The van der Waals surface area contributed by atoms with Gasteiger partial charge in [-0.25, -0.2) is 8.42 Å². The van der Waals surface area contributed by atoms with Gasteiger partial charge in [-0.05, 0) is 43.7 Å². The Morgan fingerprint density at radius 3 is 2.28 bits per heavy atom. The quantitative estimate of drug-likeness (QED) is 0.524. The number of aromatic nitrogens is 3. The second-order valence-corrected chi connectivity index (χ2v) is 10.3. The van der Waals surface area contributed by atoms with Gasteiger partial charge < -0.3 is 5.32 Å². The van der Waals surface area contributed by atoms with Crippen LogP contribution in [0.3, 0.4) is 0 Å². The van der Waals surface area contributed by atoms with E-state index in [0.29, 0.717) is 16.9 Å². The number of rotatable bonds is 8. The number of sulfone groups is 1. The van der Waals surface area contributed by atoms with E-state index in [-0.39, 0.29) is 28.8 Å². The van der Waals surface area contributed by atoms with Gasteiger partial charge >= 0.3 is 0 Å². The van der Waals surface area contributed by atoms with Gasteiger partial charge in [0.2, 0.25) is 5.91 Å². The molecule has 3 rings (SSSR count). The summed E-state index contributed by atoms with van der Waals surface area (Å²) in [6.45, 7) is 5.23. The van der Waals surface area contributed by atoms with Gasteiger partial charge in [-0.2, -0.15) is 5.10 Å². The van der Waals surface area contributed by atoms with Gasteiger partial charge in [0.25, 0.3) is 0 Å². The Bertz CT molecular complexity index is 1230. The van der Waals surface area contributed by atoms with Crippen molar-refractivity contribution in [2.45, 2.75) is 37.5 Å². The largest absolute Gasteiger partial charge is 0.324 e. The molecule has 0 aliphatic rings. The van der Waals surface area contributed by atoms with Gasteiger partial charge in [-0.3, -0.25) is 19.3 Å². The van der Waals surface area contributed by atoms with Crippen molar-refractivity contribution in [3.63, 3.8) is 0 Å². The molecule has 2 aromatic heterocycles. The number of pyridine rings is 1. The van der Waals surface area contributed by atoms with Crippen LogP contribution in [0.1, 0.15) is 42.4 Å². The van der Waals surface area contributed by atoms with Crippen LogP contribution in [0.15, 0.2) is 59.9 Å². The summed E-state index contributed by atoms with van der Waals surface area (Å²) in [4.78, 5) is 29.8. The molecule has 0 bridgehead atoms. The molecule has 0 fully saturated rings. The average molecular weight is 455 g/mol. The summed E-state index contributed by atoms with van der Waals surface area (Å²) in [5.74, 6) is -0.393. The molecular weight excluding hydrogens is 428 g/mol. The van der Waals surface area contributed by atoms with Crippen LogP contribution in [0.25, 0.3) is 0 Å². The maximum atomic E-state index is 12.9. The molecule has 1 aromatic carbocycles. The van der Waals surface area contributed by atoms with Crippen LogP contribution in [0.2, 0.25) is 0 Å².